The van der Waals surface area contributed by atoms with E-state index in [1.807, 2.05) is 0 Å². The van der Waals surface area contributed by atoms with E-state index in [4.69, 9.17) is 5.11 Å². The molecule has 0 radical (unpaired) electrons. The van der Waals surface area contributed by atoms with Gasteiger partial charge in [0.2, 0.25) is 0 Å². The van der Waals surface area contributed by atoms with Crippen molar-refractivity contribution in [1.82, 2.24) is 0 Å². The third kappa shape index (κ3) is 86.4. The lowest BCUT2D eigenvalue weighted by Gasteiger charge is -1.79. The van der Waals surface area contributed by atoms with Crippen LogP contribution in [0.5, 0.6) is 0 Å². The van der Waals surface area contributed by atoms with Crippen molar-refractivity contribution in [2.24, 2.45) is 0 Å². The van der Waals surface area contributed by atoms with E-state index >= 15 is 0 Å². The lowest BCUT2D eigenvalue weighted by Crippen LogP contribution is -1.79. The molecule has 0 aromatic carbocycles. The van der Waals surface area contributed by atoms with E-state index in [9.17, 15) is 0 Å². The van der Waals surface area contributed by atoms with Gasteiger partial charge in [0.15, 0.2) is 0 Å². The van der Waals surface area contributed by atoms with Gasteiger partial charge in [-0.05, 0) is 6.92 Å². The molecule has 1 N–H and O–H groups in total. The highest BCUT2D eigenvalue weighted by atomic mass is 35.5. The van der Waals surface area contributed by atoms with Crippen molar-refractivity contribution in [3.63, 3.8) is 0 Å². The van der Waals surface area contributed by atoms with Crippen LogP contribution in [0, 0.1) is 0 Å². The monoisotopic (exact) mass is 114 g/mol. The zero-order valence-corrected chi connectivity index (χ0v) is 4.59. The first-order chi connectivity index (χ1) is 1.73. The summed E-state index contributed by atoms with van der Waals surface area (Å²) in [5.41, 5.74) is -0.472. The summed E-state index contributed by atoms with van der Waals surface area (Å²) < 4.78 is 0. The minimum absolute atomic E-state index is 0. The van der Waals surface area contributed by atoms with Gasteiger partial charge in [-0.3, -0.25) is 0 Å². The molecule has 0 saturated heterocycles. The fourth-order valence-electron chi connectivity index (χ4n) is 0. The van der Waals surface area contributed by atoms with Crippen molar-refractivity contribution in [3.05, 3.63) is 0 Å². The summed E-state index contributed by atoms with van der Waals surface area (Å²) in [6.45, 7) is 1.59. The average molecular weight is 115 g/mol. The number of thiol groups is 1. The van der Waals surface area contributed by atoms with Gasteiger partial charge in [0.25, 0.3) is 0 Å². The van der Waals surface area contributed by atoms with Gasteiger partial charge in [-0.1, -0.05) is 0 Å². The van der Waals surface area contributed by atoms with Crippen LogP contribution >= 0.6 is 25.0 Å². The Bertz CT molecular complexity index is 14.4. The molecule has 0 aromatic heterocycles. The first kappa shape index (κ1) is 9.14. The highest BCUT2D eigenvalue weighted by Crippen LogP contribution is 1.78. The molecule has 0 rings (SSSR count). The zero-order chi connectivity index (χ0) is 3.58. The predicted molar refractivity (Wildman–Crippen MR) is 27.9 cm³/mol. The van der Waals surface area contributed by atoms with Crippen LogP contribution in [0.25, 0.3) is 0 Å². The van der Waals surface area contributed by atoms with Crippen molar-refractivity contribution in [1.29, 1.82) is 0 Å². The average Bonchev–Trinajstić information content (AvgIpc) is 0.811. The van der Waals surface area contributed by atoms with Crippen LogP contribution in [0.4, 0.5) is 0 Å². The van der Waals surface area contributed by atoms with Crippen LogP contribution in [0.2, 0.25) is 0 Å². The standard InChI is InChI=1S/C2H6OS.ClH/c1-2(3)4;/h2-4H,1H3;1H. The number of rotatable bonds is 0. The highest BCUT2D eigenvalue weighted by molar-refractivity contribution is 7.80. The predicted octanol–water partition coefficient (Wildman–Crippen LogP) is 0.676. The second kappa shape index (κ2) is 4.60. The van der Waals surface area contributed by atoms with E-state index in [1.54, 1.807) is 6.92 Å². The maximum absolute atomic E-state index is 7.92. The molecule has 1 unspecified atom stereocenters. The van der Waals surface area contributed by atoms with E-state index in [-0.39, 0.29) is 12.4 Å². The van der Waals surface area contributed by atoms with Crippen LogP contribution < -0.4 is 0 Å². The SMILES string of the molecule is CC(O)S.Cl. The fraction of sp³-hybridized carbons (Fsp3) is 1.00. The molecule has 0 heterocycles. The minimum atomic E-state index is -0.472. The summed E-state index contributed by atoms with van der Waals surface area (Å²) >= 11 is 3.52. The molecule has 0 saturated carbocycles. The Balaban J connectivity index is 0. The second-order valence-corrected chi connectivity index (χ2v) is 1.38. The molecule has 1 nitrogen and oxygen atoms in total. The third-order valence-electron chi connectivity index (χ3n) is 0. The van der Waals surface area contributed by atoms with Gasteiger partial charge in [-0.15, -0.1) is 25.0 Å². The molecule has 1 atom stereocenters. The quantitative estimate of drug-likeness (QED) is 0.351. The molecule has 0 fully saturated rings. The van der Waals surface area contributed by atoms with Crippen LogP contribution in [-0.2, 0) is 0 Å². The van der Waals surface area contributed by atoms with Gasteiger partial charge in [-0.2, -0.15) is 0 Å². The van der Waals surface area contributed by atoms with Crippen molar-refractivity contribution in [2.45, 2.75) is 12.4 Å². The Labute approximate surface area is 43.2 Å². The molecular formula is C2H7ClOS. The third-order valence-corrected chi connectivity index (χ3v) is 0. The first-order valence-electron chi connectivity index (χ1n) is 1.09. The summed E-state index contributed by atoms with van der Waals surface area (Å²) in [4.78, 5) is 0. The minimum Gasteiger partial charge on any atom is -0.383 e. The number of halogens is 1. The first-order valence-corrected chi connectivity index (χ1v) is 1.61. The molecule has 5 heavy (non-hydrogen) atoms. The van der Waals surface area contributed by atoms with Gasteiger partial charge in [-0.25, -0.2) is 0 Å². The van der Waals surface area contributed by atoms with Crippen LogP contribution in [0.1, 0.15) is 6.92 Å². The van der Waals surface area contributed by atoms with E-state index in [0.29, 0.717) is 0 Å². The van der Waals surface area contributed by atoms with Gasteiger partial charge < -0.3 is 5.11 Å². The molecule has 0 aliphatic rings. The van der Waals surface area contributed by atoms with Crippen LogP contribution in [-0.4, -0.2) is 10.5 Å². The van der Waals surface area contributed by atoms with E-state index in [2.05, 4.69) is 12.6 Å². The summed E-state index contributed by atoms with van der Waals surface area (Å²) in [5, 5.41) is 7.92. The van der Waals surface area contributed by atoms with Crippen LogP contribution in [0.3, 0.4) is 0 Å². The maximum atomic E-state index is 7.92. The largest absolute Gasteiger partial charge is 0.383 e. The van der Waals surface area contributed by atoms with Crippen molar-refractivity contribution >= 4 is 25.0 Å². The Morgan fingerprint density at radius 3 is 1.80 bits per heavy atom. The maximum Gasteiger partial charge on any atom is 0.0936 e. The summed E-state index contributed by atoms with van der Waals surface area (Å²) in [6.07, 6.45) is 0. The van der Waals surface area contributed by atoms with Gasteiger partial charge in [0.05, 0.1) is 5.44 Å². The van der Waals surface area contributed by atoms with Crippen molar-refractivity contribution in [2.75, 3.05) is 0 Å². The molecule has 0 bridgehead atoms. The smallest absolute Gasteiger partial charge is 0.0936 e. The summed E-state index contributed by atoms with van der Waals surface area (Å²) in [7, 11) is 0. The molecule has 0 spiro atoms. The molecule has 34 valence electrons. The van der Waals surface area contributed by atoms with E-state index < -0.39 is 5.44 Å². The molecule has 0 amide bonds. The number of aliphatic hydroxyl groups is 1. The summed E-state index contributed by atoms with van der Waals surface area (Å²) in [5.74, 6) is 0. The Morgan fingerprint density at radius 1 is 1.80 bits per heavy atom. The molecule has 0 aliphatic heterocycles. The lowest BCUT2D eigenvalue weighted by atomic mass is 10.9. The Hall–Kier alpha value is 0.600. The molecule has 0 aliphatic carbocycles. The molecule has 0 aromatic rings. The molecular weight excluding hydrogens is 108 g/mol. The van der Waals surface area contributed by atoms with Crippen molar-refractivity contribution < 1.29 is 5.11 Å². The highest BCUT2D eigenvalue weighted by Gasteiger charge is 1.70. The molecule has 3 heteroatoms. The van der Waals surface area contributed by atoms with E-state index in [0.717, 1.165) is 0 Å². The topological polar surface area (TPSA) is 20.2 Å². The van der Waals surface area contributed by atoms with Gasteiger partial charge >= 0.3 is 0 Å². The zero-order valence-electron chi connectivity index (χ0n) is 2.88. The number of hydrogen-bond acceptors (Lipinski definition) is 2. The lowest BCUT2D eigenvalue weighted by molar-refractivity contribution is 0.286. The fourth-order valence-corrected chi connectivity index (χ4v) is 0. The van der Waals surface area contributed by atoms with Crippen LogP contribution in [0.15, 0.2) is 0 Å². The summed E-state index contributed by atoms with van der Waals surface area (Å²) in [6, 6.07) is 0. The van der Waals surface area contributed by atoms with E-state index in [1.165, 1.54) is 0 Å². The van der Waals surface area contributed by atoms with Gasteiger partial charge in [0, 0.05) is 0 Å². The number of aliphatic hydroxyl groups excluding tert-OH is 1. The normalized spacial score (nSPS) is 12.6. The Morgan fingerprint density at radius 2 is 1.80 bits per heavy atom. The van der Waals surface area contributed by atoms with Crippen molar-refractivity contribution in [3.8, 4) is 0 Å². The number of hydrogen-bond donors (Lipinski definition) is 2. The second-order valence-electron chi connectivity index (χ2n) is 0.632. The Kier molecular flexibility index (Phi) is 8.41. The van der Waals surface area contributed by atoms with Gasteiger partial charge in [0.1, 0.15) is 0 Å².